The Morgan fingerprint density at radius 3 is 2.09 bits per heavy atom. The van der Waals surface area contributed by atoms with Crippen molar-refractivity contribution in [2.45, 2.75) is 11.4 Å². The van der Waals surface area contributed by atoms with Crippen LogP contribution in [0, 0.1) is 0 Å². The summed E-state index contributed by atoms with van der Waals surface area (Å²) in [4.78, 5) is 24.7. The van der Waals surface area contributed by atoms with Crippen LogP contribution in [0.2, 0.25) is 10.0 Å². The lowest BCUT2D eigenvalue weighted by Crippen LogP contribution is -2.47. The zero-order valence-electron chi connectivity index (χ0n) is 16.7. The summed E-state index contributed by atoms with van der Waals surface area (Å²) in [5, 5.41) is 0.605. The van der Waals surface area contributed by atoms with Gasteiger partial charge in [-0.05, 0) is 42.0 Å². The van der Waals surface area contributed by atoms with Gasteiger partial charge in [0, 0.05) is 11.6 Å². The molecule has 0 bridgehead atoms. The molecule has 0 saturated carbocycles. The summed E-state index contributed by atoms with van der Waals surface area (Å²) < 4.78 is 27.4. The van der Waals surface area contributed by atoms with Crippen molar-refractivity contribution >= 4 is 45.0 Å². The second kappa shape index (κ2) is 10.6. The molecule has 0 aliphatic carbocycles. The molecule has 32 heavy (non-hydrogen) atoms. The predicted octanol–water partition coefficient (Wildman–Crippen LogP) is 3.65. The number of benzene rings is 3. The minimum absolute atomic E-state index is 0.00858. The lowest BCUT2D eigenvalue weighted by Gasteiger charge is -2.22. The van der Waals surface area contributed by atoms with E-state index in [4.69, 9.17) is 23.2 Å². The van der Waals surface area contributed by atoms with Gasteiger partial charge in [0.1, 0.15) is 0 Å². The van der Waals surface area contributed by atoms with Gasteiger partial charge in [-0.1, -0.05) is 65.7 Å². The summed E-state index contributed by atoms with van der Waals surface area (Å²) in [7, 11) is -4.03. The Morgan fingerprint density at radius 1 is 0.812 bits per heavy atom. The first-order valence-corrected chi connectivity index (χ1v) is 11.6. The number of hydrazine groups is 1. The number of nitrogens with zero attached hydrogens (tertiary/aromatic N) is 1. The number of nitrogens with one attached hydrogen (secondary N) is 2. The Bertz CT molecular complexity index is 1200. The Labute approximate surface area is 196 Å². The van der Waals surface area contributed by atoms with E-state index in [9.17, 15) is 18.0 Å². The zero-order valence-corrected chi connectivity index (χ0v) is 19.0. The molecule has 166 valence electrons. The van der Waals surface area contributed by atoms with E-state index in [0.29, 0.717) is 10.6 Å². The minimum atomic E-state index is -4.03. The molecule has 0 unspecified atom stereocenters. The van der Waals surface area contributed by atoms with Crippen LogP contribution in [0.5, 0.6) is 0 Å². The van der Waals surface area contributed by atoms with Crippen LogP contribution in [0.25, 0.3) is 0 Å². The van der Waals surface area contributed by atoms with Crippen molar-refractivity contribution in [3.8, 4) is 0 Å². The van der Waals surface area contributed by atoms with Gasteiger partial charge in [0.15, 0.2) is 0 Å². The monoisotopic (exact) mass is 491 g/mol. The van der Waals surface area contributed by atoms with Crippen molar-refractivity contribution < 1.29 is 18.0 Å². The highest BCUT2D eigenvalue weighted by molar-refractivity contribution is 7.89. The maximum Gasteiger partial charge on any atom is 0.271 e. The van der Waals surface area contributed by atoms with Crippen LogP contribution in [0.1, 0.15) is 15.9 Å². The third-order valence-corrected chi connectivity index (χ3v) is 6.79. The summed E-state index contributed by atoms with van der Waals surface area (Å²) in [6.45, 7) is -0.569. The summed E-state index contributed by atoms with van der Waals surface area (Å²) in [6, 6.07) is 20.8. The molecule has 10 heteroatoms. The molecule has 2 amide bonds. The van der Waals surface area contributed by atoms with Crippen molar-refractivity contribution in [1.82, 2.24) is 15.2 Å². The molecule has 3 aromatic rings. The van der Waals surface area contributed by atoms with Crippen molar-refractivity contribution in [2.24, 2.45) is 0 Å². The van der Waals surface area contributed by atoms with Gasteiger partial charge >= 0.3 is 0 Å². The first-order chi connectivity index (χ1) is 15.3. The number of halogens is 2. The van der Waals surface area contributed by atoms with Gasteiger partial charge in [0.25, 0.3) is 11.8 Å². The number of hydrogen-bond donors (Lipinski definition) is 2. The molecule has 7 nitrogen and oxygen atoms in total. The lowest BCUT2D eigenvalue weighted by atomic mass is 10.2. The molecule has 3 aromatic carbocycles. The maximum atomic E-state index is 13.2. The first-order valence-electron chi connectivity index (χ1n) is 9.41. The number of sulfonamides is 1. The summed E-state index contributed by atoms with van der Waals surface area (Å²) >= 11 is 11.8. The van der Waals surface area contributed by atoms with Gasteiger partial charge in [-0.25, -0.2) is 8.42 Å². The van der Waals surface area contributed by atoms with Gasteiger partial charge in [-0.2, -0.15) is 4.31 Å². The number of carbonyl (C=O) groups is 2. The third-order valence-electron chi connectivity index (χ3n) is 4.41. The standard InChI is InChI=1S/C22H19Cl2N3O4S/c23-17-10-12-18(13-11-17)32(30,31)27(14-16-6-2-1-3-7-16)15-21(28)25-26-22(29)19-8-4-5-9-20(19)24/h1-13H,14-15H2,(H,25,28)(H,26,29). The Kier molecular flexibility index (Phi) is 7.87. The average molecular weight is 492 g/mol. The maximum absolute atomic E-state index is 13.2. The van der Waals surface area contributed by atoms with Gasteiger partial charge in [-0.15, -0.1) is 0 Å². The van der Waals surface area contributed by atoms with E-state index in [1.807, 2.05) is 0 Å². The normalized spacial score (nSPS) is 11.2. The fourth-order valence-corrected chi connectivity index (χ4v) is 4.54. The number of rotatable bonds is 7. The predicted molar refractivity (Wildman–Crippen MR) is 123 cm³/mol. The van der Waals surface area contributed by atoms with E-state index >= 15 is 0 Å². The molecule has 0 aliphatic heterocycles. The van der Waals surface area contributed by atoms with Gasteiger partial charge in [0.2, 0.25) is 10.0 Å². The molecule has 0 aromatic heterocycles. The van der Waals surface area contributed by atoms with Crippen molar-refractivity contribution in [3.63, 3.8) is 0 Å². The molecular formula is C22H19Cl2N3O4S. The second-order valence-electron chi connectivity index (χ2n) is 6.69. The smallest absolute Gasteiger partial charge is 0.271 e. The quantitative estimate of drug-likeness (QED) is 0.493. The molecule has 0 radical (unpaired) electrons. The van der Waals surface area contributed by atoms with Crippen LogP contribution in [0.4, 0.5) is 0 Å². The van der Waals surface area contributed by atoms with Crippen molar-refractivity contribution in [2.75, 3.05) is 6.54 Å². The third kappa shape index (κ3) is 6.08. The SMILES string of the molecule is O=C(CN(Cc1ccccc1)S(=O)(=O)c1ccc(Cl)cc1)NNC(=O)c1ccccc1Cl. The minimum Gasteiger partial charge on any atom is -0.272 e. The number of carbonyl (C=O) groups excluding carboxylic acids is 2. The Hall–Kier alpha value is -2.91. The molecule has 2 N–H and O–H groups in total. The van der Waals surface area contributed by atoms with E-state index in [-0.39, 0.29) is 22.0 Å². The first kappa shape index (κ1) is 23.7. The fraction of sp³-hybridized carbons (Fsp3) is 0.0909. The van der Waals surface area contributed by atoms with Crippen LogP contribution in [-0.2, 0) is 21.4 Å². The molecular weight excluding hydrogens is 473 g/mol. The molecule has 0 atom stereocenters. The Morgan fingerprint density at radius 2 is 1.44 bits per heavy atom. The van der Waals surface area contributed by atoms with Crippen molar-refractivity contribution in [1.29, 1.82) is 0 Å². The Balaban J connectivity index is 1.76. The van der Waals surface area contributed by atoms with Crippen LogP contribution < -0.4 is 10.9 Å². The lowest BCUT2D eigenvalue weighted by molar-refractivity contribution is -0.122. The molecule has 0 fully saturated rings. The zero-order chi connectivity index (χ0) is 23.1. The summed E-state index contributed by atoms with van der Waals surface area (Å²) in [5.74, 6) is -1.35. The topological polar surface area (TPSA) is 95.6 Å². The van der Waals surface area contributed by atoms with Gasteiger partial charge < -0.3 is 0 Å². The van der Waals surface area contributed by atoms with Gasteiger partial charge in [-0.3, -0.25) is 20.4 Å². The highest BCUT2D eigenvalue weighted by atomic mass is 35.5. The van der Waals surface area contributed by atoms with Crippen LogP contribution in [-0.4, -0.2) is 31.1 Å². The highest BCUT2D eigenvalue weighted by Gasteiger charge is 2.27. The van der Waals surface area contributed by atoms with E-state index in [2.05, 4.69) is 10.9 Å². The van der Waals surface area contributed by atoms with E-state index in [1.54, 1.807) is 48.5 Å². The molecule has 3 rings (SSSR count). The van der Waals surface area contributed by atoms with Crippen LogP contribution in [0.15, 0.2) is 83.8 Å². The highest BCUT2D eigenvalue weighted by Crippen LogP contribution is 2.20. The molecule has 0 heterocycles. The number of hydrogen-bond acceptors (Lipinski definition) is 4. The molecule has 0 spiro atoms. The van der Waals surface area contributed by atoms with Crippen LogP contribution in [0.3, 0.4) is 0 Å². The largest absolute Gasteiger partial charge is 0.272 e. The summed E-state index contributed by atoms with van der Waals surface area (Å²) in [5.41, 5.74) is 5.34. The van der Waals surface area contributed by atoms with Crippen molar-refractivity contribution in [3.05, 3.63) is 100 Å². The fourth-order valence-electron chi connectivity index (χ4n) is 2.81. The number of amides is 2. The summed E-state index contributed by atoms with van der Waals surface area (Å²) in [6.07, 6.45) is 0. The average Bonchev–Trinajstić information content (AvgIpc) is 2.78. The van der Waals surface area contributed by atoms with E-state index < -0.39 is 28.4 Å². The van der Waals surface area contributed by atoms with Crippen LogP contribution >= 0.6 is 23.2 Å². The molecule has 0 saturated heterocycles. The van der Waals surface area contributed by atoms with E-state index in [1.165, 1.54) is 30.3 Å². The molecule has 0 aliphatic rings. The van der Waals surface area contributed by atoms with E-state index in [0.717, 1.165) is 4.31 Å². The second-order valence-corrected chi connectivity index (χ2v) is 9.48. The van der Waals surface area contributed by atoms with Gasteiger partial charge in [0.05, 0.1) is 22.0 Å².